The number of fused-ring (bicyclic) bond motifs is 2. The van der Waals surface area contributed by atoms with E-state index in [-0.39, 0.29) is 0 Å². The predicted octanol–water partition coefficient (Wildman–Crippen LogP) is 5.17. The molecule has 0 nitrogen and oxygen atoms in total. The quantitative estimate of drug-likeness (QED) is 0.438. The lowest BCUT2D eigenvalue weighted by Crippen LogP contribution is -2.08. The van der Waals surface area contributed by atoms with Gasteiger partial charge in [0, 0.05) is 21.9 Å². The van der Waals surface area contributed by atoms with Gasteiger partial charge in [-0.3, -0.25) is 0 Å². The maximum atomic E-state index is 7.10. The van der Waals surface area contributed by atoms with E-state index >= 15 is 0 Å². The second kappa shape index (κ2) is 7.58. The van der Waals surface area contributed by atoms with Gasteiger partial charge >= 0.3 is 0 Å². The Morgan fingerprint density at radius 3 is 2.08 bits per heavy atom. The molecule has 0 spiro atoms. The molecule has 0 aliphatic carbocycles. The van der Waals surface area contributed by atoms with Crippen LogP contribution in [0.5, 0.6) is 0 Å². The zero-order chi connectivity index (χ0) is 18.5. The van der Waals surface area contributed by atoms with Crippen molar-refractivity contribution in [2.45, 2.75) is 27.4 Å². The highest BCUT2D eigenvalue weighted by molar-refractivity contribution is 7.19. The Kier molecular flexibility index (Phi) is 4.68. The minimum absolute atomic E-state index is 0.356. The molecule has 2 aromatic carbocycles. The van der Waals surface area contributed by atoms with Crippen molar-refractivity contribution in [2.24, 2.45) is 0 Å². The van der Waals surface area contributed by atoms with E-state index < -0.39 is 0 Å². The molecule has 0 aliphatic heterocycles. The van der Waals surface area contributed by atoms with E-state index in [0.717, 1.165) is 10.9 Å². The molecule has 0 bridgehead atoms. The summed E-state index contributed by atoms with van der Waals surface area (Å²) in [4.78, 5) is 2.69. The first-order valence-corrected chi connectivity index (χ1v) is 9.47. The van der Waals surface area contributed by atoms with Gasteiger partial charge in [0.2, 0.25) is 0 Å². The molecule has 4 heteroatoms. The van der Waals surface area contributed by atoms with Crippen LogP contribution in [0.2, 0.25) is 13.6 Å². The highest BCUT2D eigenvalue weighted by Crippen LogP contribution is 2.24. The maximum Gasteiger partial charge on any atom is 0.148 e. The van der Waals surface area contributed by atoms with Crippen LogP contribution in [0, 0.1) is 13.8 Å². The van der Waals surface area contributed by atoms with Gasteiger partial charge in [-0.25, -0.2) is 0 Å². The molecule has 0 saturated carbocycles. The van der Waals surface area contributed by atoms with Gasteiger partial charge < -0.3 is 0 Å². The Balaban J connectivity index is 0.000000151. The molecular weight excluding hydrogens is 326 g/mol. The molecule has 118 valence electrons. The van der Waals surface area contributed by atoms with Crippen molar-refractivity contribution in [2.75, 3.05) is 0 Å². The Morgan fingerprint density at radius 2 is 1.33 bits per heavy atom. The van der Waals surface area contributed by atoms with Crippen molar-refractivity contribution < 1.29 is 2.74 Å². The zero-order valence-corrected chi connectivity index (χ0v) is 15.6. The Labute approximate surface area is 156 Å². The number of thiophene rings is 2. The molecule has 0 N–H and O–H groups in total. The van der Waals surface area contributed by atoms with E-state index in [1.54, 1.807) is 0 Å². The van der Waals surface area contributed by atoms with E-state index in [1.807, 2.05) is 37.2 Å². The number of aryl methyl sites for hydroxylation is 2. The second-order valence-electron chi connectivity index (χ2n) is 5.72. The molecule has 0 saturated heterocycles. The minimum atomic E-state index is 0.356. The maximum absolute atomic E-state index is 7.10. The van der Waals surface area contributed by atoms with Gasteiger partial charge in [0.05, 0.1) is 0 Å². The van der Waals surface area contributed by atoms with Crippen LogP contribution in [-0.2, 0) is 0 Å². The summed E-state index contributed by atoms with van der Waals surface area (Å²) in [5.74, 6) is 0. The molecule has 0 aliphatic rings. The standard InChI is InChI=1S/2C10H10BS/c1-7-5-8-6-9(11-2)3-4-10(8)12-7;1-7-5-8-3-4-9(11-2)6-10(8)12-7/h2*3-6H,1-2H3/i2*2D. The molecule has 2 aromatic heterocycles. The summed E-state index contributed by atoms with van der Waals surface area (Å²) < 4.78 is 16.9. The molecule has 0 atom stereocenters. The highest BCUT2D eigenvalue weighted by Gasteiger charge is 1.99. The van der Waals surface area contributed by atoms with Crippen LogP contribution in [0.25, 0.3) is 20.2 Å². The third-order valence-electron chi connectivity index (χ3n) is 3.80. The van der Waals surface area contributed by atoms with Crippen molar-refractivity contribution in [3.8, 4) is 0 Å². The fourth-order valence-electron chi connectivity index (χ4n) is 2.63. The Hall–Kier alpha value is -1.51. The first kappa shape index (κ1) is 14.8. The summed E-state index contributed by atoms with van der Waals surface area (Å²) in [7, 11) is 3.85. The highest BCUT2D eigenvalue weighted by atomic mass is 32.1. The number of rotatable bonds is 2. The molecule has 4 aromatic rings. The molecule has 4 rings (SSSR count). The zero-order valence-electron chi connectivity index (χ0n) is 16.0. The van der Waals surface area contributed by atoms with Crippen molar-refractivity contribution in [1.29, 1.82) is 0 Å². The average Bonchev–Trinajstić information content (AvgIpc) is 3.15. The van der Waals surface area contributed by atoms with Crippen LogP contribution in [-0.4, -0.2) is 14.6 Å². The average molecular weight is 348 g/mol. The van der Waals surface area contributed by atoms with Crippen LogP contribution in [0.15, 0.2) is 48.5 Å². The van der Waals surface area contributed by atoms with Gasteiger partial charge in [-0.1, -0.05) is 54.9 Å². The molecule has 2 radical (unpaired) electrons. The lowest BCUT2D eigenvalue weighted by Gasteiger charge is -1.93. The van der Waals surface area contributed by atoms with Gasteiger partial charge in [0.15, 0.2) is 0 Å². The molecular formula is C20H20B2S2. The third kappa shape index (κ3) is 3.93. The molecule has 0 amide bonds. The molecule has 24 heavy (non-hydrogen) atoms. The molecule has 0 unspecified atom stereocenters. The van der Waals surface area contributed by atoms with Crippen molar-refractivity contribution >= 4 is 68.3 Å². The number of benzene rings is 2. The SMILES string of the molecule is [2H]C[B]c1ccc2cc(C)sc2c1.[2H]C[B]c1ccc2sc(C)cc2c1. The van der Waals surface area contributed by atoms with E-state index in [9.17, 15) is 0 Å². The fraction of sp³-hybridized carbons (Fsp3) is 0.200. The first-order chi connectivity index (χ1) is 12.6. The smallest absolute Gasteiger partial charge is 0.141 e. The van der Waals surface area contributed by atoms with E-state index in [0.29, 0.717) is 13.6 Å². The minimum Gasteiger partial charge on any atom is -0.141 e. The van der Waals surface area contributed by atoms with Crippen LogP contribution in [0.1, 0.15) is 12.5 Å². The number of hydrogen-bond donors (Lipinski definition) is 0. The Morgan fingerprint density at radius 1 is 0.708 bits per heavy atom. The summed E-state index contributed by atoms with van der Waals surface area (Å²) in [5.41, 5.74) is 2.31. The molecule has 0 fully saturated rings. The van der Waals surface area contributed by atoms with Gasteiger partial charge in [0.1, 0.15) is 14.6 Å². The van der Waals surface area contributed by atoms with Gasteiger partial charge in [0.25, 0.3) is 0 Å². The summed E-state index contributed by atoms with van der Waals surface area (Å²) in [5, 5.41) is 2.61. The summed E-state index contributed by atoms with van der Waals surface area (Å²) in [6.45, 7) is 4.96. The fourth-order valence-corrected chi connectivity index (χ4v) is 4.51. The van der Waals surface area contributed by atoms with Gasteiger partial charge in [-0.05, 0) is 42.8 Å². The van der Waals surface area contributed by atoms with Crippen molar-refractivity contribution in [1.82, 2.24) is 0 Å². The van der Waals surface area contributed by atoms with E-state index in [4.69, 9.17) is 2.74 Å². The monoisotopic (exact) mass is 348 g/mol. The lowest BCUT2D eigenvalue weighted by atomic mass is 9.73. The summed E-state index contributed by atoms with van der Waals surface area (Å²) in [6.07, 6.45) is 0. The van der Waals surface area contributed by atoms with Crippen molar-refractivity contribution in [3.63, 3.8) is 0 Å². The summed E-state index contributed by atoms with van der Waals surface area (Å²) >= 11 is 3.63. The van der Waals surface area contributed by atoms with Crippen LogP contribution in [0.3, 0.4) is 0 Å². The topological polar surface area (TPSA) is 0 Å². The van der Waals surface area contributed by atoms with Gasteiger partial charge in [-0.2, -0.15) is 0 Å². The van der Waals surface area contributed by atoms with Crippen LogP contribution >= 0.6 is 22.7 Å². The third-order valence-corrected chi connectivity index (χ3v) is 5.85. The van der Waals surface area contributed by atoms with Crippen LogP contribution in [0.4, 0.5) is 0 Å². The summed E-state index contributed by atoms with van der Waals surface area (Å²) in [6, 6.07) is 17.1. The van der Waals surface area contributed by atoms with E-state index in [2.05, 4.69) is 62.4 Å². The van der Waals surface area contributed by atoms with Crippen LogP contribution < -0.4 is 10.9 Å². The predicted molar refractivity (Wildman–Crippen MR) is 116 cm³/mol. The normalized spacial score (nSPS) is 11.6. The molecule has 2 heterocycles. The first-order valence-electron chi connectivity index (χ1n) is 9.26. The largest absolute Gasteiger partial charge is 0.148 e. The van der Waals surface area contributed by atoms with Crippen molar-refractivity contribution in [3.05, 3.63) is 58.3 Å². The Bertz CT molecular complexity index is 926. The van der Waals surface area contributed by atoms with Gasteiger partial charge in [-0.15, -0.1) is 22.7 Å². The second-order valence-corrected chi connectivity index (χ2v) is 8.29. The number of hydrogen-bond acceptors (Lipinski definition) is 2. The lowest BCUT2D eigenvalue weighted by molar-refractivity contribution is 1.66. The van der Waals surface area contributed by atoms with E-state index in [1.165, 1.54) is 29.9 Å².